The number of fused-ring (bicyclic) bond motifs is 1. The molecule has 0 fully saturated rings. The molecular formula is C26H24ClN7O2. The van der Waals surface area contributed by atoms with Gasteiger partial charge < -0.3 is 10.6 Å². The monoisotopic (exact) mass is 501 g/mol. The van der Waals surface area contributed by atoms with E-state index in [1.165, 1.54) is 6.92 Å². The molecule has 0 saturated carbocycles. The van der Waals surface area contributed by atoms with Crippen molar-refractivity contribution in [3.05, 3.63) is 70.8 Å². The first-order chi connectivity index (χ1) is 17.1. The van der Waals surface area contributed by atoms with Gasteiger partial charge in [-0.15, -0.1) is 0 Å². The largest absolute Gasteiger partial charge is 0.350 e. The Morgan fingerprint density at radius 1 is 1.14 bits per heavy atom. The van der Waals surface area contributed by atoms with Crippen molar-refractivity contribution in [2.45, 2.75) is 33.2 Å². The fraction of sp³-hybridized carbons (Fsp3) is 0.231. The van der Waals surface area contributed by atoms with Crippen molar-refractivity contribution in [1.29, 1.82) is 5.26 Å². The second-order valence-corrected chi connectivity index (χ2v) is 9.45. The number of nitriles is 1. The Morgan fingerprint density at radius 3 is 2.61 bits per heavy atom. The number of aromatic nitrogens is 4. The lowest BCUT2D eigenvalue weighted by Crippen LogP contribution is -2.50. The fourth-order valence-electron chi connectivity index (χ4n) is 3.94. The highest BCUT2D eigenvalue weighted by atomic mass is 35.5. The summed E-state index contributed by atoms with van der Waals surface area (Å²) in [5.74, 6) is -0.572. The van der Waals surface area contributed by atoms with Crippen LogP contribution < -0.4 is 10.6 Å². The number of carbonyl (C=O) groups is 2. The van der Waals surface area contributed by atoms with Gasteiger partial charge in [-0.05, 0) is 56.7 Å². The molecule has 10 heteroatoms. The molecule has 3 aromatic heterocycles. The smallest absolute Gasteiger partial charge is 0.270 e. The van der Waals surface area contributed by atoms with E-state index in [0.29, 0.717) is 33.3 Å². The molecule has 182 valence electrons. The van der Waals surface area contributed by atoms with Crippen LogP contribution in [0.25, 0.3) is 28.0 Å². The van der Waals surface area contributed by atoms with Crippen LogP contribution in [0.15, 0.2) is 48.7 Å². The van der Waals surface area contributed by atoms with Crippen LogP contribution in [0.5, 0.6) is 0 Å². The summed E-state index contributed by atoms with van der Waals surface area (Å²) in [6.07, 6.45) is 1.66. The zero-order chi connectivity index (χ0) is 26.0. The van der Waals surface area contributed by atoms with Crippen LogP contribution in [0.3, 0.4) is 0 Å². The number of rotatable bonds is 6. The van der Waals surface area contributed by atoms with Gasteiger partial charge in [0.25, 0.3) is 5.91 Å². The molecule has 0 aliphatic heterocycles. The highest BCUT2D eigenvalue weighted by Gasteiger charge is 2.23. The van der Waals surface area contributed by atoms with Crippen LogP contribution in [0.4, 0.5) is 0 Å². The molecule has 4 aromatic rings. The number of amides is 2. The third kappa shape index (κ3) is 5.34. The predicted molar refractivity (Wildman–Crippen MR) is 136 cm³/mol. The Kier molecular flexibility index (Phi) is 6.73. The normalized spacial score (nSPS) is 11.2. The number of hydrogen-bond donors (Lipinski definition) is 2. The Hall–Kier alpha value is -4.29. The number of benzene rings is 1. The molecule has 0 aliphatic carbocycles. The standard InChI is InChI=1S/C26H24ClN7O2/c1-15-10-19(12-21(27)30-15)22-23(18-7-5-6-17(11-18)13-28)33-34-9-8-20(31-24(22)34)25(36)29-14-26(3,4)32-16(2)35/h5-12H,14H2,1-4H3,(H,29,36)(H,32,35). The van der Waals surface area contributed by atoms with E-state index in [0.717, 1.165) is 11.1 Å². The lowest BCUT2D eigenvalue weighted by Gasteiger charge is -2.25. The van der Waals surface area contributed by atoms with Gasteiger partial charge in [0.2, 0.25) is 5.91 Å². The highest BCUT2D eigenvalue weighted by molar-refractivity contribution is 6.29. The Balaban J connectivity index is 1.82. The van der Waals surface area contributed by atoms with Crippen molar-refractivity contribution < 1.29 is 9.59 Å². The second kappa shape index (κ2) is 9.76. The van der Waals surface area contributed by atoms with Crippen LogP contribution in [0.1, 0.15) is 42.5 Å². The number of halogens is 1. The Labute approximate surface area is 213 Å². The molecular weight excluding hydrogens is 478 g/mol. The molecule has 0 spiro atoms. The van der Waals surface area contributed by atoms with Gasteiger partial charge >= 0.3 is 0 Å². The summed E-state index contributed by atoms with van der Waals surface area (Å²) in [7, 11) is 0. The molecule has 1 aromatic carbocycles. The summed E-state index contributed by atoms with van der Waals surface area (Å²) in [6, 6.07) is 14.4. The van der Waals surface area contributed by atoms with Crippen molar-refractivity contribution in [2.24, 2.45) is 0 Å². The van der Waals surface area contributed by atoms with E-state index in [1.54, 1.807) is 41.0 Å². The Morgan fingerprint density at radius 2 is 1.92 bits per heavy atom. The molecule has 3 heterocycles. The first-order valence-corrected chi connectivity index (χ1v) is 11.6. The average Bonchev–Trinajstić information content (AvgIpc) is 3.20. The van der Waals surface area contributed by atoms with E-state index in [2.05, 4.69) is 26.7 Å². The maximum Gasteiger partial charge on any atom is 0.270 e. The van der Waals surface area contributed by atoms with Crippen LogP contribution in [-0.2, 0) is 4.79 Å². The van der Waals surface area contributed by atoms with E-state index < -0.39 is 5.54 Å². The van der Waals surface area contributed by atoms with Gasteiger partial charge in [0.15, 0.2) is 5.65 Å². The number of nitrogens with zero attached hydrogens (tertiary/aromatic N) is 5. The summed E-state index contributed by atoms with van der Waals surface area (Å²) in [4.78, 5) is 33.3. The SMILES string of the molecule is CC(=O)NC(C)(C)CNC(=O)c1ccn2nc(-c3cccc(C#N)c3)c(-c3cc(C)nc(Cl)c3)c2n1. The summed E-state index contributed by atoms with van der Waals surface area (Å²) < 4.78 is 1.59. The van der Waals surface area contributed by atoms with Gasteiger partial charge in [0, 0.05) is 30.9 Å². The molecule has 0 unspecified atom stereocenters. The zero-order valence-corrected chi connectivity index (χ0v) is 21.0. The summed E-state index contributed by atoms with van der Waals surface area (Å²) >= 11 is 6.27. The van der Waals surface area contributed by atoms with Crippen LogP contribution >= 0.6 is 11.6 Å². The maximum absolute atomic E-state index is 13.0. The molecule has 2 amide bonds. The first-order valence-electron chi connectivity index (χ1n) is 11.2. The summed E-state index contributed by atoms with van der Waals surface area (Å²) in [5, 5.41) is 20.0. The van der Waals surface area contributed by atoms with Crippen LogP contribution in [-0.4, -0.2) is 43.5 Å². The molecule has 9 nitrogen and oxygen atoms in total. The van der Waals surface area contributed by atoms with Gasteiger partial charge in [0.1, 0.15) is 16.5 Å². The van der Waals surface area contributed by atoms with Gasteiger partial charge in [0.05, 0.1) is 22.7 Å². The quantitative estimate of drug-likeness (QED) is 0.385. The molecule has 0 bridgehead atoms. The molecule has 0 saturated heterocycles. The van der Waals surface area contributed by atoms with Crippen LogP contribution in [0.2, 0.25) is 5.15 Å². The number of hydrogen-bond acceptors (Lipinski definition) is 6. The third-order valence-electron chi connectivity index (χ3n) is 5.40. The number of pyridine rings is 1. The minimum atomic E-state index is -0.627. The molecule has 36 heavy (non-hydrogen) atoms. The first kappa shape index (κ1) is 24.8. The van der Waals surface area contributed by atoms with Gasteiger partial charge in [-0.25, -0.2) is 14.5 Å². The van der Waals surface area contributed by atoms with Crippen molar-refractivity contribution in [2.75, 3.05) is 6.54 Å². The van der Waals surface area contributed by atoms with E-state index in [4.69, 9.17) is 16.7 Å². The van der Waals surface area contributed by atoms with Gasteiger partial charge in [-0.1, -0.05) is 23.7 Å². The topological polar surface area (TPSA) is 125 Å². The molecule has 4 rings (SSSR count). The average molecular weight is 502 g/mol. The van der Waals surface area contributed by atoms with Crippen molar-refractivity contribution >= 4 is 29.1 Å². The van der Waals surface area contributed by atoms with E-state index in [1.807, 2.05) is 32.9 Å². The number of nitrogens with one attached hydrogen (secondary N) is 2. The van der Waals surface area contributed by atoms with E-state index >= 15 is 0 Å². The summed E-state index contributed by atoms with van der Waals surface area (Å²) in [6.45, 7) is 7.11. The lowest BCUT2D eigenvalue weighted by atomic mass is 10.00. The minimum absolute atomic E-state index is 0.183. The highest BCUT2D eigenvalue weighted by Crippen LogP contribution is 2.36. The van der Waals surface area contributed by atoms with E-state index in [-0.39, 0.29) is 24.1 Å². The fourth-order valence-corrected chi connectivity index (χ4v) is 4.20. The molecule has 2 N–H and O–H groups in total. The molecule has 0 aliphatic rings. The lowest BCUT2D eigenvalue weighted by molar-refractivity contribution is -0.120. The zero-order valence-electron chi connectivity index (χ0n) is 20.3. The van der Waals surface area contributed by atoms with Crippen molar-refractivity contribution in [1.82, 2.24) is 30.2 Å². The van der Waals surface area contributed by atoms with Gasteiger partial charge in [-0.2, -0.15) is 10.4 Å². The predicted octanol–water partition coefficient (Wildman–Crippen LogP) is 3.94. The van der Waals surface area contributed by atoms with Crippen molar-refractivity contribution in [3.8, 4) is 28.5 Å². The molecule has 0 radical (unpaired) electrons. The number of aryl methyl sites for hydroxylation is 1. The summed E-state index contributed by atoms with van der Waals surface area (Å²) in [5.41, 5.74) is 3.92. The number of carbonyl (C=O) groups excluding carboxylic acids is 2. The second-order valence-electron chi connectivity index (χ2n) is 9.06. The van der Waals surface area contributed by atoms with Gasteiger partial charge in [-0.3, -0.25) is 9.59 Å². The molecule has 0 atom stereocenters. The maximum atomic E-state index is 13.0. The van der Waals surface area contributed by atoms with Crippen LogP contribution in [0, 0.1) is 18.3 Å². The Bertz CT molecular complexity index is 1520. The third-order valence-corrected chi connectivity index (χ3v) is 5.59. The van der Waals surface area contributed by atoms with E-state index in [9.17, 15) is 14.9 Å². The van der Waals surface area contributed by atoms with Crippen molar-refractivity contribution in [3.63, 3.8) is 0 Å². The minimum Gasteiger partial charge on any atom is -0.350 e.